The molecule has 9 N–H and O–H groups in total. The van der Waals surface area contributed by atoms with Crippen LogP contribution in [-0.2, 0) is 31.6 Å². The SMILES string of the molecule is Nc1nc2c(nnn2C2OC(COP(=O)(O)OP(=O)(O)OP(=O)(O)O)C(O)C2O)c(=O)[nH]1. The van der Waals surface area contributed by atoms with Crippen molar-refractivity contribution >= 4 is 40.6 Å². The van der Waals surface area contributed by atoms with Crippen molar-refractivity contribution in [1.82, 2.24) is 25.0 Å². The molecule has 1 aliphatic rings. The van der Waals surface area contributed by atoms with Crippen LogP contribution in [0.1, 0.15) is 6.23 Å². The molecule has 0 saturated carbocycles. The number of nitrogens with two attached hydrogens (primary N) is 1. The number of aromatic amines is 1. The van der Waals surface area contributed by atoms with Crippen LogP contribution in [0.3, 0.4) is 0 Å². The summed E-state index contributed by atoms with van der Waals surface area (Å²) in [6.07, 6.45) is -6.64. The van der Waals surface area contributed by atoms with Gasteiger partial charge in [-0.2, -0.15) is 18.3 Å². The van der Waals surface area contributed by atoms with Crippen molar-refractivity contribution < 1.29 is 61.4 Å². The Balaban J connectivity index is 1.72. The molecule has 0 amide bonds. The van der Waals surface area contributed by atoms with E-state index in [0.717, 1.165) is 4.68 Å². The number of aliphatic hydroxyl groups is 2. The average molecular weight is 524 g/mol. The fourth-order valence-corrected chi connectivity index (χ4v) is 5.60. The van der Waals surface area contributed by atoms with Gasteiger partial charge in [-0.3, -0.25) is 14.3 Å². The van der Waals surface area contributed by atoms with Crippen molar-refractivity contribution in [2.45, 2.75) is 24.5 Å². The topological polar surface area (TPSA) is 312 Å². The first-order chi connectivity index (χ1) is 14.6. The summed E-state index contributed by atoms with van der Waals surface area (Å²) in [6.45, 7) is -1.04. The third-order valence-corrected chi connectivity index (χ3v) is 7.55. The first-order valence-electron chi connectivity index (χ1n) is 7.99. The van der Waals surface area contributed by atoms with Gasteiger partial charge in [0.25, 0.3) is 5.56 Å². The maximum atomic E-state index is 11.8. The highest BCUT2D eigenvalue weighted by molar-refractivity contribution is 7.66. The molecule has 1 aliphatic heterocycles. The highest BCUT2D eigenvalue weighted by Crippen LogP contribution is 2.66. The van der Waals surface area contributed by atoms with Crippen molar-refractivity contribution in [3.63, 3.8) is 0 Å². The van der Waals surface area contributed by atoms with Gasteiger partial charge in [0, 0.05) is 0 Å². The molecule has 0 aromatic carbocycles. The molecule has 20 nitrogen and oxygen atoms in total. The minimum Gasteiger partial charge on any atom is -0.387 e. The standard InChI is InChI=1S/C9H15N6O14P3/c10-9-11-6-3(7(18)12-9)13-14-15(6)8-5(17)4(16)2(27-8)1-26-31(22,23)29-32(24,25)28-30(19,20)21/h2,4-5,8,16-17H,1H2,(H,22,23)(H,24,25)(H2,19,20,21)(H3,10,11,12,18). The van der Waals surface area contributed by atoms with Gasteiger partial charge in [0.2, 0.25) is 5.95 Å². The van der Waals surface area contributed by atoms with E-state index in [1.807, 2.05) is 0 Å². The van der Waals surface area contributed by atoms with E-state index < -0.39 is 60.2 Å². The molecule has 2 aromatic rings. The van der Waals surface area contributed by atoms with Gasteiger partial charge >= 0.3 is 23.5 Å². The number of nitrogen functional groups attached to an aromatic ring is 1. The maximum absolute atomic E-state index is 11.8. The van der Waals surface area contributed by atoms with Crippen LogP contribution in [0, 0.1) is 0 Å². The number of ether oxygens (including phenoxy) is 1. The lowest BCUT2D eigenvalue weighted by Crippen LogP contribution is -2.33. The summed E-state index contributed by atoms with van der Waals surface area (Å²) in [5.41, 5.74) is 4.19. The number of aromatic nitrogens is 5. The molecule has 0 spiro atoms. The Morgan fingerprint density at radius 2 is 1.75 bits per heavy atom. The number of H-pyrrole nitrogens is 1. The Labute approximate surface area is 175 Å². The molecule has 1 fully saturated rings. The third-order valence-electron chi connectivity index (χ3n) is 3.75. The van der Waals surface area contributed by atoms with Crippen LogP contribution >= 0.6 is 23.5 Å². The van der Waals surface area contributed by atoms with Crippen molar-refractivity contribution in [2.75, 3.05) is 12.3 Å². The van der Waals surface area contributed by atoms with E-state index in [2.05, 4.69) is 33.4 Å². The van der Waals surface area contributed by atoms with Gasteiger partial charge in [-0.1, -0.05) is 5.21 Å². The number of rotatable bonds is 8. The zero-order chi connectivity index (χ0) is 24.1. The number of hydrogen-bond donors (Lipinski definition) is 8. The predicted molar refractivity (Wildman–Crippen MR) is 96.1 cm³/mol. The highest BCUT2D eigenvalue weighted by Gasteiger charge is 2.47. The second-order valence-corrected chi connectivity index (χ2v) is 10.5. The summed E-state index contributed by atoms with van der Waals surface area (Å²) in [7, 11) is -16.8. The van der Waals surface area contributed by atoms with Gasteiger partial charge in [-0.05, 0) is 0 Å². The number of fused-ring (bicyclic) bond motifs is 1. The lowest BCUT2D eigenvalue weighted by atomic mass is 10.1. The number of anilines is 1. The Morgan fingerprint density at radius 3 is 2.38 bits per heavy atom. The van der Waals surface area contributed by atoms with Crippen molar-refractivity contribution in [3.8, 4) is 0 Å². The number of nitrogens with one attached hydrogen (secondary N) is 1. The first-order valence-corrected chi connectivity index (χ1v) is 12.5. The largest absolute Gasteiger partial charge is 0.490 e. The second kappa shape index (κ2) is 8.62. The summed E-state index contributed by atoms with van der Waals surface area (Å²) >= 11 is 0. The van der Waals surface area contributed by atoms with E-state index in [4.69, 9.17) is 25.2 Å². The Hall–Kier alpha value is -1.63. The Bertz CT molecular complexity index is 1210. The van der Waals surface area contributed by atoms with Crippen LogP contribution in [0.4, 0.5) is 5.95 Å². The van der Waals surface area contributed by atoms with E-state index in [1.54, 1.807) is 0 Å². The molecular formula is C9H15N6O14P3. The van der Waals surface area contributed by atoms with Crippen LogP contribution in [0.2, 0.25) is 0 Å². The van der Waals surface area contributed by atoms with Crippen molar-refractivity contribution in [2.24, 2.45) is 0 Å². The third kappa shape index (κ3) is 5.64. The molecule has 0 bridgehead atoms. The number of hydrogen-bond acceptors (Lipinski definition) is 14. The van der Waals surface area contributed by atoms with Crippen LogP contribution in [0.25, 0.3) is 11.2 Å². The summed E-state index contributed by atoms with van der Waals surface area (Å²) in [4.78, 5) is 53.3. The predicted octanol–water partition coefficient (Wildman–Crippen LogP) is -2.94. The molecule has 0 radical (unpaired) electrons. The lowest BCUT2D eigenvalue weighted by Gasteiger charge is -2.19. The second-order valence-electron chi connectivity index (χ2n) is 6.09. The van der Waals surface area contributed by atoms with Crippen LogP contribution in [-0.4, -0.2) is 79.7 Å². The molecule has 6 atom stereocenters. The maximum Gasteiger partial charge on any atom is 0.490 e. The molecule has 0 aliphatic carbocycles. The molecule has 32 heavy (non-hydrogen) atoms. The first kappa shape index (κ1) is 25.0. The summed E-state index contributed by atoms with van der Waals surface area (Å²) in [5, 5.41) is 27.5. The molecule has 3 rings (SSSR count). The van der Waals surface area contributed by atoms with Gasteiger partial charge in [0.15, 0.2) is 17.4 Å². The van der Waals surface area contributed by atoms with Crippen LogP contribution < -0.4 is 11.3 Å². The monoisotopic (exact) mass is 524 g/mol. The van der Waals surface area contributed by atoms with Crippen LogP contribution in [0.15, 0.2) is 4.79 Å². The average Bonchev–Trinajstić information content (AvgIpc) is 3.12. The minimum atomic E-state index is -5.74. The summed E-state index contributed by atoms with van der Waals surface area (Å²) in [6, 6.07) is 0. The molecule has 3 heterocycles. The van der Waals surface area contributed by atoms with Gasteiger partial charge in [-0.25, -0.2) is 13.7 Å². The van der Waals surface area contributed by atoms with Crippen molar-refractivity contribution in [3.05, 3.63) is 10.4 Å². The normalized spacial score (nSPS) is 27.9. The number of phosphoric ester groups is 1. The van der Waals surface area contributed by atoms with E-state index in [0.29, 0.717) is 0 Å². The van der Waals surface area contributed by atoms with E-state index in [-0.39, 0.29) is 17.1 Å². The summed E-state index contributed by atoms with van der Waals surface area (Å²) in [5.74, 6) is -0.316. The summed E-state index contributed by atoms with van der Waals surface area (Å²) < 4.78 is 51.2. The zero-order valence-corrected chi connectivity index (χ0v) is 17.9. The number of aliphatic hydroxyl groups excluding tert-OH is 2. The molecule has 180 valence electrons. The number of phosphoric acid groups is 3. The molecular weight excluding hydrogens is 509 g/mol. The molecule has 1 saturated heterocycles. The van der Waals surface area contributed by atoms with E-state index >= 15 is 0 Å². The fourth-order valence-electron chi connectivity index (χ4n) is 2.57. The van der Waals surface area contributed by atoms with E-state index in [9.17, 15) is 33.6 Å². The minimum absolute atomic E-state index is 0.226. The quantitative estimate of drug-likeness (QED) is 0.160. The molecule has 6 unspecified atom stereocenters. The zero-order valence-electron chi connectivity index (χ0n) is 15.2. The smallest absolute Gasteiger partial charge is 0.387 e. The highest BCUT2D eigenvalue weighted by atomic mass is 31.3. The molecule has 2 aromatic heterocycles. The Kier molecular flexibility index (Phi) is 6.73. The molecule has 23 heteroatoms. The van der Waals surface area contributed by atoms with Gasteiger partial charge in [0.05, 0.1) is 6.61 Å². The van der Waals surface area contributed by atoms with Gasteiger partial charge in [-0.15, -0.1) is 5.10 Å². The van der Waals surface area contributed by atoms with Crippen molar-refractivity contribution in [1.29, 1.82) is 0 Å². The van der Waals surface area contributed by atoms with Gasteiger partial charge in [0.1, 0.15) is 18.3 Å². The van der Waals surface area contributed by atoms with E-state index in [1.165, 1.54) is 0 Å². The van der Waals surface area contributed by atoms with Crippen LogP contribution in [0.5, 0.6) is 0 Å². The number of nitrogens with zero attached hydrogens (tertiary/aromatic N) is 4. The lowest BCUT2D eigenvalue weighted by molar-refractivity contribution is -0.0566. The Morgan fingerprint density at radius 1 is 1.09 bits per heavy atom. The van der Waals surface area contributed by atoms with Gasteiger partial charge < -0.3 is 40.3 Å². The fraction of sp³-hybridized carbons (Fsp3) is 0.556.